The van der Waals surface area contributed by atoms with Gasteiger partial charge in [0.25, 0.3) is 0 Å². The Balaban J connectivity index is 0.00000261. The highest BCUT2D eigenvalue weighted by Crippen LogP contribution is 2.38. The van der Waals surface area contributed by atoms with Crippen LogP contribution in [0.15, 0.2) is 29.3 Å². The van der Waals surface area contributed by atoms with Crippen LogP contribution in [0.1, 0.15) is 25.3 Å². The van der Waals surface area contributed by atoms with Crippen LogP contribution in [-0.4, -0.2) is 68.7 Å². The van der Waals surface area contributed by atoms with Crippen LogP contribution < -0.4 is 5.32 Å². The number of nitrogens with zero attached hydrogens (tertiary/aromatic N) is 3. The Bertz CT molecular complexity index is 605. The molecule has 1 unspecified atom stereocenters. The van der Waals surface area contributed by atoms with Crippen LogP contribution in [0.5, 0.6) is 0 Å². The number of hydrogen-bond donors (Lipinski definition) is 1. The van der Waals surface area contributed by atoms with Crippen LogP contribution in [0, 0.1) is 11.2 Å². The number of aliphatic imine (C=N–C) groups is 1. The average molecular weight is 490 g/mol. The predicted octanol–water partition coefficient (Wildman–Crippen LogP) is 2.95. The minimum Gasteiger partial charge on any atom is -0.381 e. The smallest absolute Gasteiger partial charge is 0.193 e. The van der Waals surface area contributed by atoms with E-state index in [1.165, 1.54) is 25.0 Å². The van der Waals surface area contributed by atoms with Crippen molar-refractivity contribution in [3.05, 3.63) is 35.6 Å². The highest BCUT2D eigenvalue weighted by molar-refractivity contribution is 14.0. The Kier molecular flexibility index (Phi) is 8.75. The van der Waals surface area contributed by atoms with E-state index in [2.05, 4.69) is 29.1 Å². The summed E-state index contributed by atoms with van der Waals surface area (Å²) in [5.74, 6) is 0.832. The van der Waals surface area contributed by atoms with Crippen molar-refractivity contribution in [2.24, 2.45) is 10.4 Å². The number of rotatable bonds is 6. The van der Waals surface area contributed by atoms with Crippen LogP contribution in [0.25, 0.3) is 0 Å². The number of guanidine groups is 1. The molecular formula is C20H32FIN4O. The molecule has 1 atom stereocenters. The molecule has 1 N–H and O–H groups in total. The zero-order valence-electron chi connectivity index (χ0n) is 16.4. The Morgan fingerprint density at radius 3 is 2.78 bits per heavy atom. The molecule has 0 radical (unpaired) electrons. The van der Waals surface area contributed by atoms with Gasteiger partial charge in [-0.25, -0.2) is 4.39 Å². The van der Waals surface area contributed by atoms with E-state index in [9.17, 15) is 4.39 Å². The molecule has 2 aliphatic heterocycles. The summed E-state index contributed by atoms with van der Waals surface area (Å²) < 4.78 is 18.6. The van der Waals surface area contributed by atoms with Gasteiger partial charge >= 0.3 is 0 Å². The van der Waals surface area contributed by atoms with Gasteiger partial charge in [-0.3, -0.25) is 4.99 Å². The zero-order chi connectivity index (χ0) is 18.4. The lowest BCUT2D eigenvalue weighted by Gasteiger charge is -2.25. The molecule has 152 valence electrons. The molecule has 1 aromatic rings. The number of halogens is 2. The van der Waals surface area contributed by atoms with Crippen LogP contribution in [0.4, 0.5) is 4.39 Å². The zero-order valence-corrected chi connectivity index (χ0v) is 18.7. The van der Waals surface area contributed by atoms with Crippen molar-refractivity contribution in [2.45, 2.75) is 26.3 Å². The van der Waals surface area contributed by atoms with Crippen LogP contribution in [0.2, 0.25) is 0 Å². The van der Waals surface area contributed by atoms with Gasteiger partial charge in [0.1, 0.15) is 5.82 Å². The summed E-state index contributed by atoms with van der Waals surface area (Å²) >= 11 is 0. The summed E-state index contributed by atoms with van der Waals surface area (Å²) in [4.78, 5) is 9.44. The topological polar surface area (TPSA) is 40.1 Å². The molecule has 1 aromatic carbocycles. The maximum Gasteiger partial charge on any atom is 0.193 e. The number of ether oxygens (including phenoxy) is 1. The summed E-state index contributed by atoms with van der Waals surface area (Å²) in [7, 11) is 2.08. The number of benzene rings is 1. The molecule has 0 bridgehead atoms. The van der Waals surface area contributed by atoms with Crippen LogP contribution >= 0.6 is 24.0 Å². The van der Waals surface area contributed by atoms with Gasteiger partial charge in [0.2, 0.25) is 0 Å². The first-order valence-electron chi connectivity index (χ1n) is 9.64. The second-order valence-corrected chi connectivity index (χ2v) is 7.57. The first-order chi connectivity index (χ1) is 12.6. The van der Waals surface area contributed by atoms with E-state index in [0.717, 1.165) is 64.0 Å². The van der Waals surface area contributed by atoms with Gasteiger partial charge in [0.05, 0.1) is 13.2 Å². The van der Waals surface area contributed by atoms with Crippen molar-refractivity contribution in [3.8, 4) is 0 Å². The van der Waals surface area contributed by atoms with Crippen LogP contribution in [-0.2, 0) is 11.3 Å². The van der Waals surface area contributed by atoms with E-state index in [4.69, 9.17) is 9.73 Å². The molecule has 27 heavy (non-hydrogen) atoms. The molecule has 0 aromatic heterocycles. The number of hydrogen-bond acceptors (Lipinski definition) is 3. The second kappa shape index (κ2) is 10.6. The summed E-state index contributed by atoms with van der Waals surface area (Å²) in [5, 5.41) is 3.44. The SMILES string of the molecule is CCNC(=NCCN(C)Cc1ccc(F)cc1)N1CCC2(CCOC2)C1.I. The van der Waals surface area contributed by atoms with Crippen molar-refractivity contribution < 1.29 is 9.13 Å². The summed E-state index contributed by atoms with van der Waals surface area (Å²) in [6.45, 7) is 9.31. The fourth-order valence-electron chi connectivity index (χ4n) is 3.82. The fourth-order valence-corrected chi connectivity index (χ4v) is 3.82. The van der Waals surface area contributed by atoms with Gasteiger partial charge in [0, 0.05) is 44.7 Å². The maximum absolute atomic E-state index is 13.0. The second-order valence-electron chi connectivity index (χ2n) is 7.57. The number of likely N-dealkylation sites (tertiary alicyclic amines) is 1. The van der Waals surface area contributed by atoms with Gasteiger partial charge in [0.15, 0.2) is 5.96 Å². The van der Waals surface area contributed by atoms with Crippen molar-refractivity contribution >= 4 is 29.9 Å². The molecule has 2 aliphatic rings. The highest BCUT2D eigenvalue weighted by Gasteiger charge is 2.42. The number of nitrogens with one attached hydrogen (secondary N) is 1. The standard InChI is InChI=1S/C20H31FN4O.HI/c1-3-22-19(25-11-8-20(15-25)9-13-26-16-20)23-10-12-24(2)14-17-4-6-18(21)7-5-17;/h4-7H,3,8-16H2,1-2H3,(H,22,23);1H. The van der Waals surface area contributed by atoms with Gasteiger partial charge in [-0.2, -0.15) is 0 Å². The summed E-state index contributed by atoms with van der Waals surface area (Å²) in [6, 6.07) is 6.71. The summed E-state index contributed by atoms with van der Waals surface area (Å²) in [6.07, 6.45) is 2.37. The molecule has 2 saturated heterocycles. The molecule has 3 rings (SSSR count). The lowest BCUT2D eigenvalue weighted by atomic mass is 9.87. The third-order valence-corrected chi connectivity index (χ3v) is 5.37. The Morgan fingerprint density at radius 1 is 1.33 bits per heavy atom. The Hall–Kier alpha value is -0.930. The molecule has 0 aliphatic carbocycles. The lowest BCUT2D eigenvalue weighted by molar-refractivity contribution is 0.156. The van der Waals surface area contributed by atoms with Gasteiger partial charge in [-0.15, -0.1) is 24.0 Å². The number of likely N-dealkylation sites (N-methyl/N-ethyl adjacent to an activating group) is 1. The molecule has 2 heterocycles. The summed E-state index contributed by atoms with van der Waals surface area (Å²) in [5.41, 5.74) is 1.46. The van der Waals surface area contributed by atoms with Gasteiger partial charge in [-0.1, -0.05) is 12.1 Å². The van der Waals surface area contributed by atoms with Crippen molar-refractivity contribution in [1.82, 2.24) is 15.1 Å². The molecule has 0 amide bonds. The Morgan fingerprint density at radius 2 is 2.11 bits per heavy atom. The minimum absolute atomic E-state index is 0. The third kappa shape index (κ3) is 6.29. The van der Waals surface area contributed by atoms with Gasteiger partial charge in [-0.05, 0) is 44.5 Å². The normalized spacial score (nSPS) is 22.5. The van der Waals surface area contributed by atoms with E-state index < -0.39 is 0 Å². The predicted molar refractivity (Wildman–Crippen MR) is 118 cm³/mol. The maximum atomic E-state index is 13.0. The van der Waals surface area contributed by atoms with E-state index in [0.29, 0.717) is 5.41 Å². The average Bonchev–Trinajstić information content (AvgIpc) is 3.26. The quantitative estimate of drug-likeness (QED) is 0.378. The van der Waals surface area contributed by atoms with E-state index in [1.807, 2.05) is 12.1 Å². The molecule has 5 nitrogen and oxygen atoms in total. The van der Waals surface area contributed by atoms with Gasteiger partial charge < -0.3 is 19.9 Å². The monoisotopic (exact) mass is 490 g/mol. The molecule has 7 heteroatoms. The van der Waals surface area contributed by atoms with E-state index in [-0.39, 0.29) is 29.8 Å². The largest absolute Gasteiger partial charge is 0.381 e. The first kappa shape index (κ1) is 22.4. The van der Waals surface area contributed by atoms with Crippen LogP contribution in [0.3, 0.4) is 0 Å². The van der Waals surface area contributed by atoms with Crippen molar-refractivity contribution in [2.75, 3.05) is 53.0 Å². The van der Waals surface area contributed by atoms with E-state index in [1.54, 1.807) is 0 Å². The van der Waals surface area contributed by atoms with Crippen molar-refractivity contribution in [1.29, 1.82) is 0 Å². The molecule has 2 fully saturated rings. The minimum atomic E-state index is -0.188. The molecule has 1 spiro atoms. The fraction of sp³-hybridized carbons (Fsp3) is 0.650. The van der Waals surface area contributed by atoms with E-state index >= 15 is 0 Å². The molecular weight excluding hydrogens is 458 g/mol. The molecule has 0 saturated carbocycles. The highest BCUT2D eigenvalue weighted by atomic mass is 127. The lowest BCUT2D eigenvalue weighted by Crippen LogP contribution is -2.41. The first-order valence-corrected chi connectivity index (χ1v) is 9.64. The third-order valence-electron chi connectivity index (χ3n) is 5.37. The Labute approximate surface area is 179 Å². The van der Waals surface area contributed by atoms with Crippen molar-refractivity contribution in [3.63, 3.8) is 0 Å².